The fraction of sp³-hybridized carbons (Fsp3) is 0.522. The number of nitrogens with one attached hydrogen (secondary N) is 1. The van der Waals surface area contributed by atoms with Gasteiger partial charge in [-0.25, -0.2) is 9.78 Å². The second-order valence-electron chi connectivity index (χ2n) is 8.73. The van der Waals surface area contributed by atoms with Crippen molar-refractivity contribution >= 4 is 11.2 Å². The zero-order valence-electron chi connectivity index (χ0n) is 18.9. The summed E-state index contributed by atoms with van der Waals surface area (Å²) in [5.41, 5.74) is 0.371. The molecule has 1 aliphatic carbocycles. The number of hydrogen-bond acceptors (Lipinski definition) is 8. The normalized spacial score (nSPS) is 17.6. The Morgan fingerprint density at radius 2 is 1.79 bits per heavy atom. The lowest BCUT2D eigenvalue weighted by molar-refractivity contribution is 0.191. The molecule has 1 N–H and O–H groups in total. The minimum Gasteiger partial charge on any atom is -0.492 e. The molecule has 10 nitrogen and oxygen atoms in total. The molecule has 1 aliphatic heterocycles. The van der Waals surface area contributed by atoms with Gasteiger partial charge in [0.25, 0.3) is 5.56 Å². The van der Waals surface area contributed by atoms with Gasteiger partial charge in [0.1, 0.15) is 12.4 Å². The molecule has 2 aromatic heterocycles. The summed E-state index contributed by atoms with van der Waals surface area (Å²) >= 11 is 0. The van der Waals surface area contributed by atoms with E-state index in [1.807, 2.05) is 24.3 Å². The predicted molar refractivity (Wildman–Crippen MR) is 125 cm³/mol. The van der Waals surface area contributed by atoms with Crippen molar-refractivity contribution in [1.29, 1.82) is 0 Å². The van der Waals surface area contributed by atoms with Crippen LogP contribution in [0.1, 0.15) is 31.7 Å². The van der Waals surface area contributed by atoms with Crippen LogP contribution < -0.4 is 21.3 Å². The molecule has 3 heterocycles. The van der Waals surface area contributed by atoms with Crippen molar-refractivity contribution in [1.82, 2.24) is 34.5 Å². The molecule has 174 valence electrons. The Labute approximate surface area is 191 Å². The number of ether oxygens (including phenoxy) is 1. The van der Waals surface area contributed by atoms with Crippen LogP contribution in [0.4, 0.5) is 0 Å². The quantitative estimate of drug-likeness (QED) is 0.590. The number of hydrogen-bond donors (Lipinski definition) is 1. The highest BCUT2D eigenvalue weighted by atomic mass is 16.5. The molecule has 1 saturated carbocycles. The van der Waals surface area contributed by atoms with E-state index in [1.54, 1.807) is 4.57 Å². The third-order valence-corrected chi connectivity index (χ3v) is 6.59. The highest BCUT2D eigenvalue weighted by Gasteiger charge is 2.24. The second kappa shape index (κ2) is 9.40. The smallest absolute Gasteiger partial charge is 0.332 e. The van der Waals surface area contributed by atoms with Crippen molar-refractivity contribution in [2.24, 2.45) is 7.05 Å². The van der Waals surface area contributed by atoms with Gasteiger partial charge in [-0.3, -0.25) is 18.8 Å². The average Bonchev–Trinajstić information content (AvgIpc) is 3.38. The van der Waals surface area contributed by atoms with Crippen molar-refractivity contribution in [3.05, 3.63) is 45.1 Å². The van der Waals surface area contributed by atoms with E-state index >= 15 is 0 Å². The van der Waals surface area contributed by atoms with Crippen LogP contribution in [0.15, 0.2) is 33.9 Å². The lowest BCUT2D eigenvalue weighted by Crippen LogP contribution is -2.44. The SMILES string of the molecule is Cn1c(=O)c2nc(-c3ccc(OCCN4CCNCC4)cc3)nnc2n(C2CCCC2)c1=O. The lowest BCUT2D eigenvalue weighted by Gasteiger charge is -2.26. The van der Waals surface area contributed by atoms with Crippen LogP contribution in [-0.2, 0) is 7.05 Å². The highest BCUT2D eigenvalue weighted by Crippen LogP contribution is 2.29. The van der Waals surface area contributed by atoms with E-state index in [2.05, 4.69) is 25.4 Å². The zero-order valence-corrected chi connectivity index (χ0v) is 18.9. The van der Waals surface area contributed by atoms with Crippen LogP contribution in [0.25, 0.3) is 22.6 Å². The topological polar surface area (TPSA) is 107 Å². The molecule has 1 saturated heterocycles. The van der Waals surface area contributed by atoms with Crippen molar-refractivity contribution < 1.29 is 4.74 Å². The fourth-order valence-electron chi connectivity index (χ4n) is 4.67. The molecule has 5 rings (SSSR count). The molecule has 2 aliphatic rings. The summed E-state index contributed by atoms with van der Waals surface area (Å²) in [6, 6.07) is 7.50. The van der Waals surface area contributed by atoms with Crippen molar-refractivity contribution in [2.75, 3.05) is 39.3 Å². The monoisotopic (exact) mass is 451 g/mol. The van der Waals surface area contributed by atoms with E-state index in [1.165, 1.54) is 7.05 Å². The third kappa shape index (κ3) is 4.40. The van der Waals surface area contributed by atoms with Crippen LogP contribution in [0.3, 0.4) is 0 Å². The number of piperazine rings is 1. The number of nitrogens with zero attached hydrogens (tertiary/aromatic N) is 6. The maximum absolute atomic E-state index is 12.8. The van der Waals surface area contributed by atoms with Gasteiger partial charge in [0, 0.05) is 51.4 Å². The molecule has 10 heteroatoms. The Kier molecular flexibility index (Phi) is 6.19. The Morgan fingerprint density at radius 1 is 1.06 bits per heavy atom. The van der Waals surface area contributed by atoms with Gasteiger partial charge in [0.2, 0.25) is 0 Å². The molecule has 2 fully saturated rings. The van der Waals surface area contributed by atoms with Gasteiger partial charge in [-0.2, -0.15) is 0 Å². The van der Waals surface area contributed by atoms with Crippen LogP contribution >= 0.6 is 0 Å². The maximum atomic E-state index is 12.8. The van der Waals surface area contributed by atoms with Crippen LogP contribution in [-0.4, -0.2) is 68.5 Å². The van der Waals surface area contributed by atoms with Crippen LogP contribution in [0.5, 0.6) is 5.75 Å². The molecule has 33 heavy (non-hydrogen) atoms. The second-order valence-corrected chi connectivity index (χ2v) is 8.73. The molecule has 0 radical (unpaired) electrons. The average molecular weight is 452 g/mol. The minimum atomic E-state index is -0.451. The highest BCUT2D eigenvalue weighted by molar-refractivity contribution is 5.71. The molecule has 0 atom stereocenters. The first-order valence-electron chi connectivity index (χ1n) is 11.6. The molecule has 0 unspecified atom stereocenters. The van der Waals surface area contributed by atoms with Gasteiger partial charge in [0.05, 0.1) is 0 Å². The van der Waals surface area contributed by atoms with Gasteiger partial charge in [-0.1, -0.05) is 12.8 Å². The van der Waals surface area contributed by atoms with Crippen LogP contribution in [0, 0.1) is 0 Å². The van der Waals surface area contributed by atoms with Gasteiger partial charge in [-0.15, -0.1) is 10.2 Å². The first-order valence-corrected chi connectivity index (χ1v) is 11.6. The number of rotatable bonds is 6. The number of fused-ring (bicyclic) bond motifs is 1. The van der Waals surface area contributed by atoms with E-state index in [0.717, 1.165) is 74.3 Å². The first-order chi connectivity index (χ1) is 16.1. The van der Waals surface area contributed by atoms with Crippen molar-refractivity contribution in [2.45, 2.75) is 31.7 Å². The Morgan fingerprint density at radius 3 is 2.52 bits per heavy atom. The van der Waals surface area contributed by atoms with Gasteiger partial charge in [-0.05, 0) is 37.1 Å². The van der Waals surface area contributed by atoms with E-state index < -0.39 is 5.56 Å². The molecular weight excluding hydrogens is 422 g/mol. The van der Waals surface area contributed by atoms with E-state index in [0.29, 0.717) is 12.4 Å². The van der Waals surface area contributed by atoms with Gasteiger partial charge in [0.15, 0.2) is 17.0 Å². The fourth-order valence-corrected chi connectivity index (χ4v) is 4.67. The molecule has 0 spiro atoms. The van der Waals surface area contributed by atoms with Crippen molar-refractivity contribution in [3.8, 4) is 17.1 Å². The summed E-state index contributed by atoms with van der Waals surface area (Å²) in [7, 11) is 1.49. The lowest BCUT2D eigenvalue weighted by atomic mass is 10.2. The molecule has 0 amide bonds. The summed E-state index contributed by atoms with van der Waals surface area (Å²) in [4.78, 5) is 32.5. The molecule has 3 aromatic rings. The standard InChI is InChI=1S/C23H29N7O3/c1-28-22(31)19-21(30(23(28)32)17-4-2-3-5-17)27-26-20(25-19)16-6-8-18(9-7-16)33-15-14-29-12-10-24-11-13-29/h6-9,17,24H,2-5,10-15H2,1H3. The summed E-state index contributed by atoms with van der Waals surface area (Å²) < 4.78 is 8.60. The minimum absolute atomic E-state index is 0.0337. The number of benzene rings is 1. The molecule has 0 bridgehead atoms. The van der Waals surface area contributed by atoms with Crippen molar-refractivity contribution in [3.63, 3.8) is 0 Å². The first kappa shape index (κ1) is 21.7. The summed E-state index contributed by atoms with van der Waals surface area (Å²) in [5, 5.41) is 11.9. The third-order valence-electron chi connectivity index (χ3n) is 6.59. The van der Waals surface area contributed by atoms with Crippen LogP contribution in [0.2, 0.25) is 0 Å². The van der Waals surface area contributed by atoms with Gasteiger partial charge >= 0.3 is 5.69 Å². The number of aromatic nitrogens is 5. The molecular formula is C23H29N7O3. The zero-order chi connectivity index (χ0) is 22.8. The van der Waals surface area contributed by atoms with E-state index in [-0.39, 0.29) is 22.9 Å². The Bertz CT molecular complexity index is 1240. The largest absolute Gasteiger partial charge is 0.492 e. The Hall–Kier alpha value is -3.11. The summed E-state index contributed by atoms with van der Waals surface area (Å²) in [5.74, 6) is 1.12. The summed E-state index contributed by atoms with van der Waals surface area (Å²) in [6.07, 6.45) is 3.91. The maximum Gasteiger partial charge on any atom is 0.332 e. The molecule has 1 aromatic carbocycles. The summed E-state index contributed by atoms with van der Waals surface area (Å²) in [6.45, 7) is 5.66. The Balaban J connectivity index is 1.37. The van der Waals surface area contributed by atoms with E-state index in [9.17, 15) is 9.59 Å². The predicted octanol–water partition coefficient (Wildman–Crippen LogP) is 0.951. The van der Waals surface area contributed by atoms with E-state index in [4.69, 9.17) is 4.74 Å². The van der Waals surface area contributed by atoms with Gasteiger partial charge < -0.3 is 10.1 Å².